The Hall–Kier alpha value is -1.61. The van der Waals surface area contributed by atoms with E-state index in [1.807, 2.05) is 16.9 Å². The van der Waals surface area contributed by atoms with Gasteiger partial charge >= 0.3 is 0 Å². The molecule has 0 amide bonds. The van der Waals surface area contributed by atoms with Crippen LogP contribution in [0.1, 0.15) is 17.5 Å². The molecule has 0 saturated heterocycles. The number of rotatable bonds is 8. The van der Waals surface area contributed by atoms with E-state index in [9.17, 15) is 0 Å². The van der Waals surface area contributed by atoms with Crippen LogP contribution in [0.25, 0.3) is 0 Å². The average Bonchev–Trinajstić information content (AvgIpc) is 3.08. The quantitative estimate of drug-likeness (QED) is 0.285. The molecule has 0 aliphatic carbocycles. The lowest BCUT2D eigenvalue weighted by Crippen LogP contribution is -2.37. The largest absolute Gasteiger partial charge is 0.385 e. The van der Waals surface area contributed by atoms with Gasteiger partial charge in [-0.1, -0.05) is 24.3 Å². The van der Waals surface area contributed by atoms with Gasteiger partial charge in [0.05, 0.1) is 6.54 Å². The van der Waals surface area contributed by atoms with E-state index in [1.165, 1.54) is 11.1 Å². The van der Waals surface area contributed by atoms with Gasteiger partial charge in [0.2, 0.25) is 0 Å². The molecule has 1 aromatic carbocycles. The molecule has 2 rings (SSSR count). The lowest BCUT2D eigenvalue weighted by molar-refractivity contribution is 0.195. The van der Waals surface area contributed by atoms with Crippen LogP contribution in [0, 0.1) is 0 Å². The van der Waals surface area contributed by atoms with Crippen molar-refractivity contribution in [2.24, 2.45) is 4.99 Å². The molecule has 0 fully saturated rings. The molecular formula is C17H26IN5O. The van der Waals surface area contributed by atoms with Crippen molar-refractivity contribution in [2.75, 3.05) is 27.3 Å². The normalized spacial score (nSPS) is 11.0. The number of guanidine groups is 1. The standard InChI is InChI=1S/C17H25N5O.HI/c1-18-17(19-9-6-12-23-2)20-13-15-7-3-4-8-16(15)14-22-11-5-10-21-22;/h3-5,7-8,10-11H,6,9,12-14H2,1-2H3,(H2,18,19,20);1H. The van der Waals surface area contributed by atoms with Crippen molar-refractivity contribution in [2.45, 2.75) is 19.5 Å². The van der Waals surface area contributed by atoms with Gasteiger partial charge in [-0.2, -0.15) is 5.10 Å². The highest BCUT2D eigenvalue weighted by atomic mass is 127. The highest BCUT2D eigenvalue weighted by Gasteiger charge is 2.04. The van der Waals surface area contributed by atoms with Crippen molar-refractivity contribution in [3.63, 3.8) is 0 Å². The Bertz CT molecular complexity index is 601. The second-order valence-electron chi connectivity index (χ2n) is 5.17. The van der Waals surface area contributed by atoms with Gasteiger partial charge in [-0.3, -0.25) is 9.67 Å². The maximum atomic E-state index is 5.04. The van der Waals surface area contributed by atoms with Gasteiger partial charge in [0.25, 0.3) is 0 Å². The van der Waals surface area contributed by atoms with Crippen LogP contribution < -0.4 is 10.6 Å². The van der Waals surface area contributed by atoms with E-state index in [0.29, 0.717) is 0 Å². The van der Waals surface area contributed by atoms with E-state index in [0.717, 1.165) is 38.6 Å². The summed E-state index contributed by atoms with van der Waals surface area (Å²) in [4.78, 5) is 4.24. The Kier molecular flexibility index (Phi) is 10.1. The van der Waals surface area contributed by atoms with E-state index in [4.69, 9.17) is 4.74 Å². The summed E-state index contributed by atoms with van der Waals surface area (Å²) in [6.45, 7) is 3.07. The predicted molar refractivity (Wildman–Crippen MR) is 108 cm³/mol. The van der Waals surface area contributed by atoms with Crippen LogP contribution in [0.2, 0.25) is 0 Å². The van der Waals surface area contributed by atoms with Crippen LogP contribution >= 0.6 is 24.0 Å². The molecule has 2 aromatic rings. The molecule has 0 unspecified atom stereocenters. The van der Waals surface area contributed by atoms with Crippen LogP contribution in [0.5, 0.6) is 0 Å². The molecule has 0 atom stereocenters. The van der Waals surface area contributed by atoms with Crippen molar-refractivity contribution in [1.82, 2.24) is 20.4 Å². The topological polar surface area (TPSA) is 63.5 Å². The predicted octanol–water partition coefficient (Wildman–Crippen LogP) is 2.25. The van der Waals surface area contributed by atoms with Gasteiger partial charge in [-0.05, 0) is 23.6 Å². The monoisotopic (exact) mass is 443 g/mol. The molecule has 0 aliphatic heterocycles. The minimum Gasteiger partial charge on any atom is -0.385 e. The Labute approximate surface area is 160 Å². The molecule has 24 heavy (non-hydrogen) atoms. The third-order valence-corrected chi connectivity index (χ3v) is 3.50. The SMILES string of the molecule is CN=C(NCCCOC)NCc1ccccc1Cn1cccn1.I. The van der Waals surface area contributed by atoms with Crippen molar-refractivity contribution >= 4 is 29.9 Å². The van der Waals surface area contributed by atoms with Gasteiger partial charge in [-0.15, -0.1) is 24.0 Å². The summed E-state index contributed by atoms with van der Waals surface area (Å²) in [6, 6.07) is 10.3. The first-order valence-corrected chi connectivity index (χ1v) is 7.81. The highest BCUT2D eigenvalue weighted by Crippen LogP contribution is 2.10. The molecule has 0 saturated carbocycles. The molecule has 0 spiro atoms. The second-order valence-corrected chi connectivity index (χ2v) is 5.17. The van der Waals surface area contributed by atoms with Crippen LogP contribution in [0.15, 0.2) is 47.7 Å². The fourth-order valence-corrected chi connectivity index (χ4v) is 2.28. The molecule has 1 heterocycles. The molecule has 1 aromatic heterocycles. The Morgan fingerprint density at radius 3 is 2.67 bits per heavy atom. The van der Waals surface area contributed by atoms with E-state index < -0.39 is 0 Å². The fraction of sp³-hybridized carbons (Fsp3) is 0.412. The van der Waals surface area contributed by atoms with E-state index in [2.05, 4.69) is 45.0 Å². The lowest BCUT2D eigenvalue weighted by Gasteiger charge is -2.14. The van der Waals surface area contributed by atoms with Crippen molar-refractivity contribution in [3.8, 4) is 0 Å². The van der Waals surface area contributed by atoms with Crippen molar-refractivity contribution in [3.05, 3.63) is 53.9 Å². The van der Waals surface area contributed by atoms with Gasteiger partial charge in [-0.25, -0.2) is 0 Å². The number of ether oxygens (including phenoxy) is 1. The summed E-state index contributed by atoms with van der Waals surface area (Å²) in [6.07, 6.45) is 4.72. The van der Waals surface area contributed by atoms with Gasteiger partial charge < -0.3 is 15.4 Å². The van der Waals surface area contributed by atoms with E-state index in [1.54, 1.807) is 20.4 Å². The first-order valence-electron chi connectivity index (χ1n) is 7.81. The number of nitrogens with one attached hydrogen (secondary N) is 2. The molecule has 0 radical (unpaired) electrons. The Morgan fingerprint density at radius 2 is 2.00 bits per heavy atom. The zero-order valence-electron chi connectivity index (χ0n) is 14.2. The maximum absolute atomic E-state index is 5.04. The van der Waals surface area contributed by atoms with Crippen LogP contribution in [-0.4, -0.2) is 43.0 Å². The maximum Gasteiger partial charge on any atom is 0.191 e. The summed E-state index contributed by atoms with van der Waals surface area (Å²) >= 11 is 0. The second kappa shape index (κ2) is 11.9. The zero-order valence-corrected chi connectivity index (χ0v) is 16.6. The number of benzene rings is 1. The average molecular weight is 443 g/mol. The highest BCUT2D eigenvalue weighted by molar-refractivity contribution is 14.0. The molecule has 7 heteroatoms. The van der Waals surface area contributed by atoms with E-state index >= 15 is 0 Å². The third kappa shape index (κ3) is 6.88. The summed E-state index contributed by atoms with van der Waals surface area (Å²) in [5.41, 5.74) is 2.49. The smallest absolute Gasteiger partial charge is 0.191 e. The number of aliphatic imine (C=N–C) groups is 1. The molecular weight excluding hydrogens is 417 g/mol. The lowest BCUT2D eigenvalue weighted by atomic mass is 10.1. The van der Waals surface area contributed by atoms with Crippen molar-refractivity contribution in [1.29, 1.82) is 0 Å². The van der Waals surface area contributed by atoms with E-state index in [-0.39, 0.29) is 24.0 Å². The minimum atomic E-state index is 0. The minimum absolute atomic E-state index is 0. The van der Waals surface area contributed by atoms with Gasteiger partial charge in [0, 0.05) is 46.2 Å². The molecule has 0 bridgehead atoms. The number of methoxy groups -OCH3 is 1. The van der Waals surface area contributed by atoms with Crippen LogP contribution in [-0.2, 0) is 17.8 Å². The summed E-state index contributed by atoms with van der Waals surface area (Å²) < 4.78 is 6.97. The zero-order chi connectivity index (χ0) is 16.3. The summed E-state index contributed by atoms with van der Waals surface area (Å²) in [5, 5.41) is 10.9. The molecule has 132 valence electrons. The fourth-order valence-electron chi connectivity index (χ4n) is 2.28. The van der Waals surface area contributed by atoms with Gasteiger partial charge in [0.15, 0.2) is 5.96 Å². The number of hydrogen-bond acceptors (Lipinski definition) is 3. The van der Waals surface area contributed by atoms with Gasteiger partial charge in [0.1, 0.15) is 0 Å². The Morgan fingerprint density at radius 1 is 1.21 bits per heavy atom. The van der Waals surface area contributed by atoms with Crippen LogP contribution in [0.3, 0.4) is 0 Å². The summed E-state index contributed by atoms with van der Waals surface area (Å²) in [7, 11) is 3.49. The molecule has 2 N–H and O–H groups in total. The first-order chi connectivity index (χ1) is 11.3. The number of halogens is 1. The third-order valence-electron chi connectivity index (χ3n) is 3.50. The number of aromatic nitrogens is 2. The molecule has 0 aliphatic rings. The summed E-state index contributed by atoms with van der Waals surface area (Å²) in [5.74, 6) is 0.801. The first kappa shape index (κ1) is 20.4. The molecule has 6 nitrogen and oxygen atoms in total. The van der Waals surface area contributed by atoms with Crippen LogP contribution in [0.4, 0.5) is 0 Å². The van der Waals surface area contributed by atoms with Crippen molar-refractivity contribution < 1.29 is 4.74 Å². The number of hydrogen-bond donors (Lipinski definition) is 2. The number of nitrogens with zero attached hydrogens (tertiary/aromatic N) is 3. The Balaban J connectivity index is 0.00000288.